The van der Waals surface area contributed by atoms with Crippen molar-refractivity contribution in [3.05, 3.63) is 11.6 Å². The number of ether oxygens (including phenoxy) is 2. The quantitative estimate of drug-likeness (QED) is 0.644. The molecule has 1 aliphatic rings. The Bertz CT molecular complexity index is 204. The van der Waals surface area contributed by atoms with Gasteiger partial charge < -0.3 is 14.8 Å². The Morgan fingerprint density at radius 3 is 3.06 bits per heavy atom. The molecule has 1 heterocycles. The zero-order valence-electron chi connectivity index (χ0n) is 10.6. The maximum atomic E-state index is 5.42. The molecule has 1 unspecified atom stereocenters. The number of nitrogens with one attached hydrogen (secondary N) is 1. The zero-order valence-corrected chi connectivity index (χ0v) is 10.6. The van der Waals surface area contributed by atoms with E-state index in [9.17, 15) is 0 Å². The van der Waals surface area contributed by atoms with E-state index in [1.165, 1.54) is 24.8 Å². The highest BCUT2D eigenvalue weighted by atomic mass is 16.5. The normalized spacial score (nSPS) is 18.2. The molecule has 16 heavy (non-hydrogen) atoms. The summed E-state index contributed by atoms with van der Waals surface area (Å²) in [5.74, 6) is 0. The first-order valence-corrected chi connectivity index (χ1v) is 6.34. The summed E-state index contributed by atoms with van der Waals surface area (Å²) >= 11 is 0. The van der Waals surface area contributed by atoms with Gasteiger partial charge in [0.2, 0.25) is 0 Å². The van der Waals surface area contributed by atoms with E-state index < -0.39 is 0 Å². The van der Waals surface area contributed by atoms with Crippen molar-refractivity contribution in [2.75, 3.05) is 33.5 Å². The molecular formula is C13H25NO2. The molecule has 0 saturated carbocycles. The number of hydrogen-bond donors (Lipinski definition) is 1. The van der Waals surface area contributed by atoms with Gasteiger partial charge in [0.25, 0.3) is 0 Å². The molecule has 1 atom stereocenters. The summed E-state index contributed by atoms with van der Waals surface area (Å²) in [6, 6.07) is 0.479. The van der Waals surface area contributed by atoms with Crippen molar-refractivity contribution in [3.63, 3.8) is 0 Å². The van der Waals surface area contributed by atoms with E-state index in [0.29, 0.717) is 6.04 Å². The summed E-state index contributed by atoms with van der Waals surface area (Å²) in [7, 11) is 1.77. The second-order valence-corrected chi connectivity index (χ2v) is 4.38. The molecule has 1 aliphatic heterocycles. The molecule has 94 valence electrons. The molecular weight excluding hydrogens is 202 g/mol. The third-order valence-corrected chi connectivity index (χ3v) is 2.87. The number of hydrogen-bond acceptors (Lipinski definition) is 3. The van der Waals surface area contributed by atoms with Gasteiger partial charge in [-0.05, 0) is 18.4 Å². The molecule has 0 bridgehead atoms. The summed E-state index contributed by atoms with van der Waals surface area (Å²) < 4.78 is 10.6. The molecule has 0 aliphatic carbocycles. The minimum atomic E-state index is 0.479. The largest absolute Gasteiger partial charge is 0.383 e. The lowest BCUT2D eigenvalue weighted by Gasteiger charge is -2.20. The summed E-state index contributed by atoms with van der Waals surface area (Å²) in [4.78, 5) is 0. The fraction of sp³-hybridized carbons (Fsp3) is 0.846. The first kappa shape index (κ1) is 13.7. The van der Waals surface area contributed by atoms with E-state index in [1.807, 2.05) is 0 Å². The van der Waals surface area contributed by atoms with Crippen LogP contribution in [0, 0.1) is 0 Å². The van der Waals surface area contributed by atoms with Gasteiger partial charge in [0.1, 0.15) is 0 Å². The van der Waals surface area contributed by atoms with Gasteiger partial charge in [-0.25, -0.2) is 0 Å². The molecule has 0 fully saturated rings. The van der Waals surface area contributed by atoms with Crippen LogP contribution in [0.4, 0.5) is 0 Å². The first-order valence-electron chi connectivity index (χ1n) is 6.34. The van der Waals surface area contributed by atoms with Crippen molar-refractivity contribution in [2.45, 2.75) is 38.6 Å². The van der Waals surface area contributed by atoms with Crippen LogP contribution in [-0.2, 0) is 9.47 Å². The number of methoxy groups -OCH3 is 1. The highest BCUT2D eigenvalue weighted by Gasteiger charge is 2.09. The minimum Gasteiger partial charge on any atom is -0.383 e. The van der Waals surface area contributed by atoms with Gasteiger partial charge >= 0.3 is 0 Å². The predicted molar refractivity (Wildman–Crippen MR) is 66.7 cm³/mol. The van der Waals surface area contributed by atoms with Crippen LogP contribution in [0.3, 0.4) is 0 Å². The monoisotopic (exact) mass is 227 g/mol. The molecule has 3 heteroatoms. The van der Waals surface area contributed by atoms with Crippen LogP contribution >= 0.6 is 0 Å². The standard InChI is InChI=1S/C13H25NO2/c1-3-4-7-13(11-15-2)14-9-12-6-5-8-16-10-12/h6,13-14H,3-5,7-11H2,1-2H3. The number of rotatable bonds is 8. The maximum Gasteiger partial charge on any atom is 0.0689 e. The van der Waals surface area contributed by atoms with E-state index in [-0.39, 0.29) is 0 Å². The van der Waals surface area contributed by atoms with Crippen molar-refractivity contribution in [1.82, 2.24) is 5.32 Å². The SMILES string of the molecule is CCCCC(COC)NCC1=CCCOC1. The van der Waals surface area contributed by atoms with E-state index in [4.69, 9.17) is 9.47 Å². The predicted octanol–water partition coefficient (Wildman–Crippen LogP) is 2.13. The van der Waals surface area contributed by atoms with Crippen LogP contribution in [0.15, 0.2) is 11.6 Å². The van der Waals surface area contributed by atoms with Crippen LogP contribution in [0.5, 0.6) is 0 Å². The van der Waals surface area contributed by atoms with Crippen LogP contribution in [-0.4, -0.2) is 39.5 Å². The number of unbranched alkanes of at least 4 members (excludes halogenated alkanes) is 1. The van der Waals surface area contributed by atoms with Gasteiger partial charge in [-0.2, -0.15) is 0 Å². The lowest BCUT2D eigenvalue weighted by molar-refractivity contribution is 0.143. The third-order valence-electron chi connectivity index (χ3n) is 2.87. The first-order chi connectivity index (χ1) is 7.86. The Hall–Kier alpha value is -0.380. The molecule has 0 spiro atoms. The Balaban J connectivity index is 2.22. The Morgan fingerprint density at radius 2 is 2.44 bits per heavy atom. The van der Waals surface area contributed by atoms with Crippen molar-refractivity contribution < 1.29 is 9.47 Å². The maximum absolute atomic E-state index is 5.42. The van der Waals surface area contributed by atoms with Gasteiger partial charge in [0.05, 0.1) is 19.8 Å². The van der Waals surface area contributed by atoms with E-state index >= 15 is 0 Å². The fourth-order valence-corrected chi connectivity index (χ4v) is 1.90. The van der Waals surface area contributed by atoms with Crippen LogP contribution in [0.2, 0.25) is 0 Å². The third kappa shape index (κ3) is 5.64. The van der Waals surface area contributed by atoms with E-state index in [0.717, 1.165) is 32.8 Å². The molecule has 3 nitrogen and oxygen atoms in total. The molecule has 0 amide bonds. The average Bonchev–Trinajstić information content (AvgIpc) is 2.34. The molecule has 0 aromatic carbocycles. The Kier molecular flexibility index (Phi) is 7.47. The van der Waals surface area contributed by atoms with Gasteiger partial charge in [-0.15, -0.1) is 0 Å². The molecule has 1 N–H and O–H groups in total. The smallest absolute Gasteiger partial charge is 0.0689 e. The van der Waals surface area contributed by atoms with Crippen molar-refractivity contribution in [3.8, 4) is 0 Å². The second-order valence-electron chi connectivity index (χ2n) is 4.38. The van der Waals surface area contributed by atoms with E-state index in [2.05, 4.69) is 18.3 Å². The van der Waals surface area contributed by atoms with Gasteiger partial charge in [0, 0.05) is 19.7 Å². The summed E-state index contributed by atoms with van der Waals surface area (Å²) in [5.41, 5.74) is 1.38. The summed E-state index contributed by atoms with van der Waals surface area (Å²) in [6.45, 7) is 5.63. The highest BCUT2D eigenvalue weighted by Crippen LogP contribution is 2.06. The van der Waals surface area contributed by atoms with Crippen LogP contribution in [0.25, 0.3) is 0 Å². The Labute approximate surface area is 99.2 Å². The molecule has 1 rings (SSSR count). The second kappa shape index (κ2) is 8.74. The average molecular weight is 227 g/mol. The van der Waals surface area contributed by atoms with Crippen molar-refractivity contribution in [1.29, 1.82) is 0 Å². The molecule has 0 aromatic rings. The summed E-state index contributed by atoms with van der Waals surface area (Å²) in [6.07, 6.45) is 7.05. The topological polar surface area (TPSA) is 30.5 Å². The van der Waals surface area contributed by atoms with Crippen LogP contribution < -0.4 is 5.32 Å². The van der Waals surface area contributed by atoms with Gasteiger partial charge in [0.15, 0.2) is 0 Å². The van der Waals surface area contributed by atoms with Gasteiger partial charge in [-0.3, -0.25) is 0 Å². The van der Waals surface area contributed by atoms with Crippen molar-refractivity contribution >= 4 is 0 Å². The van der Waals surface area contributed by atoms with Crippen LogP contribution in [0.1, 0.15) is 32.6 Å². The Morgan fingerprint density at radius 1 is 1.56 bits per heavy atom. The molecule has 0 radical (unpaired) electrons. The van der Waals surface area contributed by atoms with Gasteiger partial charge in [-0.1, -0.05) is 25.8 Å². The molecule has 0 aromatic heterocycles. The fourth-order valence-electron chi connectivity index (χ4n) is 1.90. The van der Waals surface area contributed by atoms with Crippen molar-refractivity contribution in [2.24, 2.45) is 0 Å². The van der Waals surface area contributed by atoms with E-state index in [1.54, 1.807) is 7.11 Å². The zero-order chi connectivity index (χ0) is 11.6. The lowest BCUT2D eigenvalue weighted by Crippen LogP contribution is -2.35. The lowest BCUT2D eigenvalue weighted by atomic mass is 10.1. The summed E-state index contributed by atoms with van der Waals surface area (Å²) in [5, 5.41) is 3.55. The minimum absolute atomic E-state index is 0.479. The highest BCUT2D eigenvalue weighted by molar-refractivity contribution is 5.07. The molecule has 0 saturated heterocycles.